The van der Waals surface area contributed by atoms with Gasteiger partial charge in [-0.3, -0.25) is 14.5 Å². The highest BCUT2D eigenvalue weighted by atomic mass is 127. The summed E-state index contributed by atoms with van der Waals surface area (Å²) in [6.45, 7) is 1.21. The average molecular weight is 578 g/mol. The molecular formula is C21H18Cl2INO4S. The molecule has 158 valence electrons. The molecule has 1 saturated heterocycles. The molecule has 5 nitrogen and oxygen atoms in total. The molecule has 0 aromatic heterocycles. The smallest absolute Gasteiger partial charge is 0.293 e. The maximum atomic E-state index is 12.5. The molecule has 0 bridgehead atoms. The van der Waals surface area contributed by atoms with Gasteiger partial charge in [-0.15, -0.1) is 0 Å². The van der Waals surface area contributed by atoms with Crippen molar-refractivity contribution in [2.45, 2.75) is 13.0 Å². The van der Waals surface area contributed by atoms with Crippen LogP contribution in [0.5, 0.6) is 5.75 Å². The van der Waals surface area contributed by atoms with Gasteiger partial charge in [-0.05, 0) is 82.2 Å². The standard InChI is InChI=1S/C21H18Cl2INO4S/c1-28-8-2-7-25-20(26)19(30-21(25)27)11-13-4-6-18(17(24)10-13)29-12-14-3-5-15(22)16(23)9-14/h3-6,9-11H,2,7-8,12H2,1H3/b19-11+. The first-order valence-corrected chi connectivity index (χ1v) is 11.6. The monoisotopic (exact) mass is 577 g/mol. The number of imide groups is 1. The summed E-state index contributed by atoms with van der Waals surface area (Å²) in [5.41, 5.74) is 1.73. The van der Waals surface area contributed by atoms with Gasteiger partial charge in [0.1, 0.15) is 12.4 Å². The Morgan fingerprint density at radius 3 is 2.63 bits per heavy atom. The van der Waals surface area contributed by atoms with Gasteiger partial charge in [0.05, 0.1) is 18.5 Å². The van der Waals surface area contributed by atoms with E-state index < -0.39 is 0 Å². The second-order valence-electron chi connectivity index (χ2n) is 6.41. The summed E-state index contributed by atoms with van der Waals surface area (Å²) in [6.07, 6.45) is 2.34. The van der Waals surface area contributed by atoms with E-state index in [0.29, 0.717) is 46.9 Å². The molecule has 1 heterocycles. The van der Waals surface area contributed by atoms with Crippen molar-refractivity contribution in [1.82, 2.24) is 4.90 Å². The zero-order chi connectivity index (χ0) is 21.7. The molecular weight excluding hydrogens is 560 g/mol. The van der Waals surface area contributed by atoms with Crippen LogP contribution in [0.4, 0.5) is 4.79 Å². The SMILES string of the molecule is COCCCN1C(=O)S/C(=C/c2ccc(OCc3ccc(Cl)c(Cl)c3)c(I)c2)C1=O. The molecule has 1 aliphatic heterocycles. The number of ether oxygens (including phenoxy) is 2. The van der Waals surface area contributed by atoms with Crippen LogP contribution in [0.2, 0.25) is 10.0 Å². The predicted octanol–water partition coefficient (Wildman–Crippen LogP) is 6.25. The molecule has 2 aromatic rings. The minimum absolute atomic E-state index is 0.251. The van der Waals surface area contributed by atoms with Crippen molar-refractivity contribution >= 4 is 74.8 Å². The van der Waals surface area contributed by atoms with E-state index in [1.165, 1.54) is 4.90 Å². The summed E-state index contributed by atoms with van der Waals surface area (Å²) >= 11 is 15.1. The Morgan fingerprint density at radius 1 is 1.13 bits per heavy atom. The van der Waals surface area contributed by atoms with E-state index in [1.54, 1.807) is 25.3 Å². The lowest BCUT2D eigenvalue weighted by Gasteiger charge is -2.11. The number of hydrogen-bond donors (Lipinski definition) is 0. The Labute approximate surface area is 202 Å². The molecule has 0 spiro atoms. The summed E-state index contributed by atoms with van der Waals surface area (Å²) in [6, 6.07) is 11.0. The van der Waals surface area contributed by atoms with Crippen LogP contribution in [0.25, 0.3) is 6.08 Å². The van der Waals surface area contributed by atoms with Crippen molar-refractivity contribution < 1.29 is 19.1 Å². The molecule has 0 atom stereocenters. The van der Waals surface area contributed by atoms with Gasteiger partial charge in [-0.25, -0.2) is 0 Å². The Kier molecular flexibility index (Phi) is 8.47. The van der Waals surface area contributed by atoms with Crippen molar-refractivity contribution in [3.05, 3.63) is 66.0 Å². The van der Waals surface area contributed by atoms with Gasteiger partial charge in [0.2, 0.25) is 0 Å². The van der Waals surface area contributed by atoms with Gasteiger partial charge in [0, 0.05) is 20.3 Å². The number of methoxy groups -OCH3 is 1. The van der Waals surface area contributed by atoms with Crippen molar-refractivity contribution in [1.29, 1.82) is 0 Å². The first-order chi connectivity index (χ1) is 14.4. The van der Waals surface area contributed by atoms with Crippen LogP contribution in [0.1, 0.15) is 17.5 Å². The molecule has 0 N–H and O–H groups in total. The van der Waals surface area contributed by atoms with Crippen LogP contribution in [0.15, 0.2) is 41.3 Å². The van der Waals surface area contributed by atoms with Gasteiger partial charge in [-0.1, -0.05) is 35.3 Å². The van der Waals surface area contributed by atoms with Crippen LogP contribution >= 0.6 is 57.6 Å². The van der Waals surface area contributed by atoms with E-state index in [1.807, 2.05) is 24.3 Å². The number of benzene rings is 2. The molecule has 1 fully saturated rings. The fourth-order valence-corrected chi connectivity index (χ4v) is 4.61. The Morgan fingerprint density at radius 2 is 1.93 bits per heavy atom. The number of hydrogen-bond acceptors (Lipinski definition) is 5. The lowest BCUT2D eigenvalue weighted by molar-refractivity contribution is -0.122. The number of amides is 2. The second kappa shape index (κ2) is 10.9. The highest BCUT2D eigenvalue weighted by Crippen LogP contribution is 2.33. The second-order valence-corrected chi connectivity index (χ2v) is 9.38. The Hall–Kier alpha value is -1.26. The van der Waals surface area contributed by atoms with Crippen LogP contribution < -0.4 is 4.74 Å². The van der Waals surface area contributed by atoms with Crippen LogP contribution in [0.3, 0.4) is 0 Å². The molecule has 0 radical (unpaired) electrons. The molecule has 0 unspecified atom stereocenters. The maximum absolute atomic E-state index is 12.5. The van der Waals surface area contributed by atoms with Crippen LogP contribution in [0, 0.1) is 3.57 Å². The van der Waals surface area contributed by atoms with Gasteiger partial charge in [0.25, 0.3) is 11.1 Å². The third-order valence-corrected chi connectivity index (χ3v) is 6.73. The lowest BCUT2D eigenvalue weighted by atomic mass is 10.2. The molecule has 9 heteroatoms. The third kappa shape index (κ3) is 5.91. The van der Waals surface area contributed by atoms with E-state index in [4.69, 9.17) is 32.7 Å². The van der Waals surface area contributed by atoms with Crippen molar-refractivity contribution in [3.8, 4) is 5.75 Å². The molecule has 30 heavy (non-hydrogen) atoms. The summed E-state index contributed by atoms with van der Waals surface area (Å²) in [5.74, 6) is 0.447. The molecule has 2 amide bonds. The van der Waals surface area contributed by atoms with E-state index in [2.05, 4.69) is 22.6 Å². The number of halogens is 3. The van der Waals surface area contributed by atoms with Crippen molar-refractivity contribution in [2.24, 2.45) is 0 Å². The minimum Gasteiger partial charge on any atom is -0.488 e. The topological polar surface area (TPSA) is 55.8 Å². The first-order valence-electron chi connectivity index (χ1n) is 8.99. The number of thioether (sulfide) groups is 1. The molecule has 3 rings (SSSR count). The van der Waals surface area contributed by atoms with Gasteiger partial charge < -0.3 is 9.47 Å². The summed E-state index contributed by atoms with van der Waals surface area (Å²) in [7, 11) is 1.59. The summed E-state index contributed by atoms with van der Waals surface area (Å²) in [4.78, 5) is 26.3. The first kappa shape index (κ1) is 23.4. The Bertz CT molecular complexity index is 999. The van der Waals surface area contributed by atoms with Gasteiger partial charge >= 0.3 is 0 Å². The van der Waals surface area contributed by atoms with Gasteiger partial charge in [0.15, 0.2) is 0 Å². The van der Waals surface area contributed by atoms with Crippen LogP contribution in [-0.4, -0.2) is 36.3 Å². The average Bonchev–Trinajstić information content (AvgIpc) is 2.97. The normalized spacial score (nSPS) is 15.3. The minimum atomic E-state index is -0.268. The van der Waals surface area contributed by atoms with Crippen LogP contribution in [-0.2, 0) is 16.1 Å². The van der Waals surface area contributed by atoms with Gasteiger partial charge in [-0.2, -0.15) is 0 Å². The highest BCUT2D eigenvalue weighted by molar-refractivity contribution is 14.1. The fourth-order valence-electron chi connectivity index (χ4n) is 2.73. The quantitative estimate of drug-likeness (QED) is 0.211. The molecule has 0 saturated carbocycles. The van der Waals surface area contributed by atoms with E-state index in [9.17, 15) is 9.59 Å². The fraction of sp³-hybridized carbons (Fsp3) is 0.238. The Balaban J connectivity index is 1.66. The highest BCUT2D eigenvalue weighted by Gasteiger charge is 2.34. The van der Waals surface area contributed by atoms with E-state index in [0.717, 1.165) is 26.5 Å². The third-order valence-electron chi connectivity index (χ3n) is 4.24. The summed E-state index contributed by atoms with van der Waals surface area (Å²) < 4.78 is 11.7. The molecule has 2 aromatic carbocycles. The molecule has 1 aliphatic rings. The lowest BCUT2D eigenvalue weighted by Crippen LogP contribution is -2.29. The van der Waals surface area contributed by atoms with Crippen molar-refractivity contribution in [3.63, 3.8) is 0 Å². The van der Waals surface area contributed by atoms with E-state index >= 15 is 0 Å². The summed E-state index contributed by atoms with van der Waals surface area (Å²) in [5, 5.41) is 0.736. The molecule has 0 aliphatic carbocycles. The number of carbonyl (C=O) groups is 2. The number of rotatable bonds is 8. The zero-order valence-corrected chi connectivity index (χ0v) is 20.5. The van der Waals surface area contributed by atoms with Crippen molar-refractivity contribution in [2.75, 3.05) is 20.3 Å². The van der Waals surface area contributed by atoms with E-state index in [-0.39, 0.29) is 11.1 Å². The maximum Gasteiger partial charge on any atom is 0.293 e. The number of nitrogens with zero attached hydrogens (tertiary/aromatic N) is 1. The number of carbonyl (C=O) groups excluding carboxylic acids is 2. The zero-order valence-electron chi connectivity index (χ0n) is 16.0. The largest absolute Gasteiger partial charge is 0.488 e. The predicted molar refractivity (Wildman–Crippen MR) is 129 cm³/mol.